The highest BCUT2D eigenvalue weighted by Crippen LogP contribution is 2.13. The van der Waals surface area contributed by atoms with Crippen LogP contribution in [0, 0.1) is 0 Å². The van der Waals surface area contributed by atoms with Gasteiger partial charge in [-0.1, -0.05) is 41.9 Å². The molecular weight excluding hydrogens is 290 g/mol. The predicted octanol–water partition coefficient (Wildman–Crippen LogP) is 3.26. The van der Waals surface area contributed by atoms with E-state index in [0.717, 1.165) is 29.0 Å². The molecule has 3 nitrogen and oxygen atoms in total. The molecule has 2 N–H and O–H groups in total. The fraction of sp³-hybridized carbons (Fsp3) is 0.357. The molecule has 0 bridgehead atoms. The summed E-state index contributed by atoms with van der Waals surface area (Å²) in [6.07, 6.45) is 2.75. The van der Waals surface area contributed by atoms with Crippen molar-refractivity contribution in [2.75, 3.05) is 0 Å². The minimum Gasteiger partial charge on any atom is -0.345 e. The topological polar surface area (TPSA) is 40.7 Å². The summed E-state index contributed by atoms with van der Waals surface area (Å²) in [6, 6.07) is 8.82. The zero-order chi connectivity index (χ0) is 13.0. The Hall–Kier alpha value is -1.13. The quantitative estimate of drug-likeness (QED) is 0.890. The molecule has 0 atom stereocenters. The van der Waals surface area contributed by atoms with Gasteiger partial charge in [-0.05, 0) is 17.7 Å². The van der Waals surface area contributed by atoms with Crippen LogP contribution in [0.4, 0.5) is 0 Å². The van der Waals surface area contributed by atoms with Crippen LogP contribution < -0.4 is 5.32 Å². The number of hydrogen-bond acceptors (Lipinski definition) is 2. The average Bonchev–Trinajstić information content (AvgIpc) is 2.77. The van der Waals surface area contributed by atoms with E-state index in [1.165, 1.54) is 5.56 Å². The van der Waals surface area contributed by atoms with Gasteiger partial charge in [0.2, 0.25) is 0 Å². The van der Waals surface area contributed by atoms with E-state index in [1.54, 1.807) is 0 Å². The molecule has 0 spiro atoms. The van der Waals surface area contributed by atoms with E-state index >= 15 is 0 Å². The number of benzene rings is 1. The van der Waals surface area contributed by atoms with Gasteiger partial charge in [0.05, 0.1) is 0 Å². The maximum Gasteiger partial charge on any atom is 0.110 e. The van der Waals surface area contributed by atoms with Crippen LogP contribution in [0.3, 0.4) is 0 Å². The first kappa shape index (κ1) is 13.3. The molecule has 0 aliphatic carbocycles. The second kappa shape index (κ2) is 6.16. The SMILES string of the molecule is CC(C)NCc1cnc(Cc2ccc(Br)cc2)[nH]1. The summed E-state index contributed by atoms with van der Waals surface area (Å²) in [6.45, 7) is 5.11. The number of halogens is 1. The summed E-state index contributed by atoms with van der Waals surface area (Å²) in [5, 5.41) is 3.37. The highest BCUT2D eigenvalue weighted by Gasteiger charge is 2.02. The number of nitrogens with zero attached hydrogens (tertiary/aromatic N) is 1. The Morgan fingerprint density at radius 2 is 2.00 bits per heavy atom. The minimum absolute atomic E-state index is 0.489. The number of hydrogen-bond donors (Lipinski definition) is 2. The van der Waals surface area contributed by atoms with Crippen LogP contribution in [0.15, 0.2) is 34.9 Å². The largest absolute Gasteiger partial charge is 0.345 e. The molecule has 0 aliphatic rings. The van der Waals surface area contributed by atoms with Crippen LogP contribution in [0.1, 0.15) is 30.9 Å². The Balaban J connectivity index is 1.95. The van der Waals surface area contributed by atoms with Crippen LogP contribution in [0.25, 0.3) is 0 Å². The van der Waals surface area contributed by atoms with Crippen molar-refractivity contribution in [1.82, 2.24) is 15.3 Å². The number of rotatable bonds is 5. The van der Waals surface area contributed by atoms with Gasteiger partial charge in [-0.25, -0.2) is 4.98 Å². The van der Waals surface area contributed by atoms with Gasteiger partial charge in [-0.15, -0.1) is 0 Å². The van der Waals surface area contributed by atoms with E-state index in [2.05, 4.69) is 69.3 Å². The second-order valence-corrected chi connectivity index (χ2v) is 5.61. The number of nitrogens with one attached hydrogen (secondary N) is 2. The molecule has 2 rings (SSSR count). The maximum atomic E-state index is 4.40. The lowest BCUT2D eigenvalue weighted by Crippen LogP contribution is -2.21. The van der Waals surface area contributed by atoms with Crippen molar-refractivity contribution in [2.45, 2.75) is 32.9 Å². The molecule has 2 aromatic rings. The maximum absolute atomic E-state index is 4.40. The van der Waals surface area contributed by atoms with Gasteiger partial charge in [0.1, 0.15) is 5.82 Å². The molecule has 0 unspecified atom stereocenters. The molecule has 0 saturated heterocycles. The standard InChI is InChI=1S/C14H18BrN3/c1-10(2)16-8-13-9-17-14(18-13)7-11-3-5-12(15)6-4-11/h3-6,9-10,16H,7-8H2,1-2H3,(H,17,18). The van der Waals surface area contributed by atoms with Gasteiger partial charge >= 0.3 is 0 Å². The molecule has 0 aliphatic heterocycles. The number of H-pyrrole nitrogens is 1. The van der Waals surface area contributed by atoms with Crippen LogP contribution in [-0.4, -0.2) is 16.0 Å². The first-order valence-corrected chi connectivity index (χ1v) is 6.93. The third-order valence-corrected chi connectivity index (χ3v) is 3.20. The summed E-state index contributed by atoms with van der Waals surface area (Å²) in [7, 11) is 0. The first-order chi connectivity index (χ1) is 8.63. The van der Waals surface area contributed by atoms with Crippen LogP contribution in [0.2, 0.25) is 0 Å². The molecule has 96 valence electrons. The zero-order valence-corrected chi connectivity index (χ0v) is 12.3. The molecule has 0 amide bonds. The van der Waals surface area contributed by atoms with Crippen molar-refractivity contribution in [3.63, 3.8) is 0 Å². The Morgan fingerprint density at radius 3 is 2.67 bits per heavy atom. The fourth-order valence-corrected chi connectivity index (χ4v) is 1.96. The van der Waals surface area contributed by atoms with Crippen molar-refractivity contribution in [3.05, 3.63) is 52.0 Å². The number of imidazole rings is 1. The summed E-state index contributed by atoms with van der Waals surface area (Å²) in [4.78, 5) is 7.75. The molecule has 18 heavy (non-hydrogen) atoms. The normalized spacial score (nSPS) is 11.1. The van der Waals surface area contributed by atoms with E-state index in [9.17, 15) is 0 Å². The molecule has 4 heteroatoms. The highest BCUT2D eigenvalue weighted by molar-refractivity contribution is 9.10. The van der Waals surface area contributed by atoms with Gasteiger partial charge < -0.3 is 10.3 Å². The van der Waals surface area contributed by atoms with Gasteiger partial charge in [-0.3, -0.25) is 0 Å². The molecule has 1 aromatic heterocycles. The number of aromatic amines is 1. The second-order valence-electron chi connectivity index (χ2n) is 4.69. The average molecular weight is 308 g/mol. The van der Waals surface area contributed by atoms with Crippen molar-refractivity contribution >= 4 is 15.9 Å². The molecule has 0 saturated carbocycles. The van der Waals surface area contributed by atoms with E-state index in [4.69, 9.17) is 0 Å². The Morgan fingerprint density at radius 1 is 1.28 bits per heavy atom. The van der Waals surface area contributed by atoms with E-state index < -0.39 is 0 Å². The van der Waals surface area contributed by atoms with E-state index in [1.807, 2.05) is 6.20 Å². The monoisotopic (exact) mass is 307 g/mol. The van der Waals surface area contributed by atoms with Crippen molar-refractivity contribution < 1.29 is 0 Å². The molecular formula is C14H18BrN3. The van der Waals surface area contributed by atoms with Gasteiger partial charge in [-0.2, -0.15) is 0 Å². The lowest BCUT2D eigenvalue weighted by atomic mass is 10.1. The minimum atomic E-state index is 0.489. The summed E-state index contributed by atoms with van der Waals surface area (Å²) >= 11 is 3.44. The van der Waals surface area contributed by atoms with Crippen LogP contribution in [0.5, 0.6) is 0 Å². The van der Waals surface area contributed by atoms with Gasteiger partial charge in [0.25, 0.3) is 0 Å². The molecule has 1 aromatic carbocycles. The fourth-order valence-electron chi connectivity index (χ4n) is 1.70. The highest BCUT2D eigenvalue weighted by atomic mass is 79.9. The van der Waals surface area contributed by atoms with Crippen molar-refractivity contribution in [3.8, 4) is 0 Å². The van der Waals surface area contributed by atoms with Gasteiger partial charge in [0.15, 0.2) is 0 Å². The zero-order valence-electron chi connectivity index (χ0n) is 10.7. The summed E-state index contributed by atoms with van der Waals surface area (Å²) in [5.41, 5.74) is 2.40. The Kier molecular flexibility index (Phi) is 4.55. The smallest absolute Gasteiger partial charge is 0.110 e. The van der Waals surface area contributed by atoms with Crippen molar-refractivity contribution in [2.24, 2.45) is 0 Å². The Labute approximate surface area is 116 Å². The number of aromatic nitrogens is 2. The van der Waals surface area contributed by atoms with Crippen LogP contribution >= 0.6 is 15.9 Å². The van der Waals surface area contributed by atoms with E-state index in [0.29, 0.717) is 6.04 Å². The van der Waals surface area contributed by atoms with Gasteiger partial charge in [0, 0.05) is 35.4 Å². The molecule has 0 fully saturated rings. The van der Waals surface area contributed by atoms with Crippen molar-refractivity contribution in [1.29, 1.82) is 0 Å². The first-order valence-electron chi connectivity index (χ1n) is 6.14. The third kappa shape index (κ3) is 3.96. The Bertz CT molecular complexity index is 488. The molecule has 1 heterocycles. The summed E-state index contributed by atoms with van der Waals surface area (Å²) in [5.74, 6) is 1.01. The van der Waals surface area contributed by atoms with E-state index in [-0.39, 0.29) is 0 Å². The third-order valence-electron chi connectivity index (χ3n) is 2.67. The predicted molar refractivity (Wildman–Crippen MR) is 77.5 cm³/mol. The summed E-state index contributed by atoms with van der Waals surface area (Å²) < 4.78 is 1.10. The lowest BCUT2D eigenvalue weighted by Gasteiger charge is -2.05. The molecule has 0 radical (unpaired) electrons. The lowest BCUT2D eigenvalue weighted by molar-refractivity contribution is 0.582. The van der Waals surface area contributed by atoms with Crippen LogP contribution in [-0.2, 0) is 13.0 Å².